The number of hydrogen-bond acceptors (Lipinski definition) is 4. The second-order valence-electron chi connectivity index (χ2n) is 5.10. The van der Waals surface area contributed by atoms with E-state index in [0.717, 1.165) is 42.8 Å². The van der Waals surface area contributed by atoms with Crippen molar-refractivity contribution in [2.75, 3.05) is 11.6 Å². The number of nitrogens with one attached hydrogen (secondary N) is 1. The van der Waals surface area contributed by atoms with Crippen LogP contribution < -0.4 is 5.32 Å². The molecule has 1 amide bonds. The van der Waals surface area contributed by atoms with Crippen molar-refractivity contribution in [3.05, 3.63) is 18.3 Å². The quantitative estimate of drug-likeness (QED) is 0.833. The predicted molar refractivity (Wildman–Crippen MR) is 77.3 cm³/mol. The summed E-state index contributed by atoms with van der Waals surface area (Å²) in [5.41, 5.74) is -0.0682. The number of thioether (sulfide) groups is 1. The van der Waals surface area contributed by atoms with Gasteiger partial charge in [0.1, 0.15) is 0 Å². The number of rotatable bonds is 4. The molecule has 0 unspecified atom stereocenters. The third-order valence-electron chi connectivity index (χ3n) is 3.50. The normalized spacial score (nSPS) is 18.0. The van der Waals surface area contributed by atoms with E-state index in [0.29, 0.717) is 0 Å². The molecule has 1 fully saturated rings. The van der Waals surface area contributed by atoms with Crippen molar-refractivity contribution in [3.8, 4) is 0 Å². The zero-order valence-corrected chi connectivity index (χ0v) is 12.0. The van der Waals surface area contributed by atoms with Gasteiger partial charge in [-0.1, -0.05) is 19.3 Å². The zero-order valence-electron chi connectivity index (χ0n) is 11.2. The molecule has 1 aliphatic carbocycles. The fraction of sp³-hybridized carbons (Fsp3) is 0.571. The number of carbonyl (C=O) groups excluding carboxylic acids is 1. The van der Waals surface area contributed by atoms with Crippen LogP contribution in [0.5, 0.6) is 0 Å². The van der Waals surface area contributed by atoms with Gasteiger partial charge >= 0.3 is 0 Å². The minimum Gasteiger partial charge on any atom is -0.389 e. The van der Waals surface area contributed by atoms with E-state index in [-0.39, 0.29) is 12.3 Å². The van der Waals surface area contributed by atoms with E-state index in [1.807, 2.05) is 12.3 Å². The lowest BCUT2D eigenvalue weighted by atomic mass is 9.82. The molecule has 0 spiro atoms. The van der Waals surface area contributed by atoms with Crippen molar-refractivity contribution in [2.45, 2.75) is 49.2 Å². The molecule has 0 aromatic carbocycles. The molecule has 1 saturated carbocycles. The molecule has 2 N–H and O–H groups in total. The number of anilines is 1. The van der Waals surface area contributed by atoms with Gasteiger partial charge in [0.15, 0.2) is 0 Å². The van der Waals surface area contributed by atoms with Crippen LogP contribution in [0.4, 0.5) is 5.69 Å². The third-order valence-corrected chi connectivity index (χ3v) is 4.14. The van der Waals surface area contributed by atoms with Crippen molar-refractivity contribution < 1.29 is 9.90 Å². The van der Waals surface area contributed by atoms with Gasteiger partial charge in [-0.05, 0) is 31.2 Å². The predicted octanol–water partition coefficient (Wildman–Crippen LogP) is 2.83. The molecule has 1 heterocycles. The molecule has 0 aliphatic heterocycles. The number of aliphatic hydroxyl groups is 1. The fourth-order valence-corrected chi connectivity index (χ4v) is 2.90. The number of nitrogens with zero attached hydrogens (tertiary/aromatic N) is 1. The Balaban J connectivity index is 1.93. The lowest BCUT2D eigenvalue weighted by Crippen LogP contribution is -2.35. The third kappa shape index (κ3) is 4.21. The molecular weight excluding hydrogens is 260 g/mol. The lowest BCUT2D eigenvalue weighted by molar-refractivity contribution is -0.122. The van der Waals surface area contributed by atoms with Crippen LogP contribution in [0.1, 0.15) is 38.5 Å². The molecule has 2 rings (SSSR count). The molecule has 1 aliphatic rings. The van der Waals surface area contributed by atoms with Crippen molar-refractivity contribution in [1.29, 1.82) is 0 Å². The summed E-state index contributed by atoms with van der Waals surface area (Å²) in [6.07, 6.45) is 8.44. The van der Waals surface area contributed by atoms with Crippen LogP contribution in [0.15, 0.2) is 23.4 Å². The Labute approximate surface area is 118 Å². The monoisotopic (exact) mass is 280 g/mol. The van der Waals surface area contributed by atoms with E-state index in [1.54, 1.807) is 12.3 Å². The van der Waals surface area contributed by atoms with Gasteiger partial charge in [-0.2, -0.15) is 0 Å². The summed E-state index contributed by atoms with van der Waals surface area (Å²) in [7, 11) is 0. The number of amides is 1. The van der Waals surface area contributed by atoms with Gasteiger partial charge in [0.05, 0.1) is 17.0 Å². The number of aromatic nitrogens is 1. The van der Waals surface area contributed by atoms with Crippen LogP contribution in [0.2, 0.25) is 0 Å². The zero-order chi connectivity index (χ0) is 13.7. The first-order valence-corrected chi connectivity index (χ1v) is 7.86. The van der Waals surface area contributed by atoms with E-state index < -0.39 is 5.60 Å². The van der Waals surface area contributed by atoms with Gasteiger partial charge in [-0.25, -0.2) is 4.98 Å². The Morgan fingerprint density at radius 2 is 2.21 bits per heavy atom. The fourth-order valence-electron chi connectivity index (χ4n) is 2.49. The van der Waals surface area contributed by atoms with E-state index in [9.17, 15) is 9.90 Å². The van der Waals surface area contributed by atoms with E-state index in [1.165, 1.54) is 11.8 Å². The molecule has 0 atom stereocenters. The van der Waals surface area contributed by atoms with E-state index in [4.69, 9.17) is 0 Å². The van der Waals surface area contributed by atoms with Gasteiger partial charge in [-0.3, -0.25) is 4.79 Å². The number of carbonyl (C=O) groups is 1. The van der Waals surface area contributed by atoms with Crippen molar-refractivity contribution in [2.24, 2.45) is 0 Å². The van der Waals surface area contributed by atoms with Crippen molar-refractivity contribution in [1.82, 2.24) is 4.98 Å². The van der Waals surface area contributed by atoms with Crippen LogP contribution >= 0.6 is 11.8 Å². The van der Waals surface area contributed by atoms with Gasteiger partial charge in [0, 0.05) is 11.9 Å². The Morgan fingerprint density at radius 3 is 2.89 bits per heavy atom. The maximum Gasteiger partial charge on any atom is 0.227 e. The minimum atomic E-state index is -0.808. The maximum atomic E-state index is 12.0. The summed E-state index contributed by atoms with van der Waals surface area (Å²) in [5, 5.41) is 14.0. The molecular formula is C14H20N2O2S. The highest BCUT2D eigenvalue weighted by Gasteiger charge is 2.31. The number of pyridine rings is 1. The molecule has 5 heteroatoms. The summed E-state index contributed by atoms with van der Waals surface area (Å²) < 4.78 is 0. The summed E-state index contributed by atoms with van der Waals surface area (Å²) in [6.45, 7) is 0. The molecule has 0 bridgehead atoms. The lowest BCUT2D eigenvalue weighted by Gasteiger charge is -2.31. The topological polar surface area (TPSA) is 62.2 Å². The molecule has 4 nitrogen and oxygen atoms in total. The summed E-state index contributed by atoms with van der Waals surface area (Å²) in [6, 6.07) is 3.61. The van der Waals surface area contributed by atoms with E-state index >= 15 is 0 Å². The SMILES string of the molecule is CSc1cc(NC(=O)CC2(O)CCCCC2)ccn1. The number of hydrogen-bond donors (Lipinski definition) is 2. The first kappa shape index (κ1) is 14.3. The first-order chi connectivity index (χ1) is 9.11. The summed E-state index contributed by atoms with van der Waals surface area (Å²) in [4.78, 5) is 16.1. The highest BCUT2D eigenvalue weighted by atomic mass is 32.2. The van der Waals surface area contributed by atoms with Gasteiger partial charge in [0.2, 0.25) is 5.91 Å². The minimum absolute atomic E-state index is 0.123. The molecule has 19 heavy (non-hydrogen) atoms. The Bertz CT molecular complexity index is 445. The largest absolute Gasteiger partial charge is 0.389 e. The Morgan fingerprint density at radius 1 is 1.47 bits per heavy atom. The maximum absolute atomic E-state index is 12.0. The van der Waals surface area contributed by atoms with Crippen molar-refractivity contribution in [3.63, 3.8) is 0 Å². The van der Waals surface area contributed by atoms with Gasteiger partial charge < -0.3 is 10.4 Å². The molecule has 0 radical (unpaired) electrons. The van der Waals surface area contributed by atoms with E-state index in [2.05, 4.69) is 10.3 Å². The summed E-state index contributed by atoms with van der Waals surface area (Å²) in [5.74, 6) is -0.123. The van der Waals surface area contributed by atoms with Crippen molar-refractivity contribution >= 4 is 23.4 Å². The van der Waals surface area contributed by atoms with Crippen LogP contribution in [0.3, 0.4) is 0 Å². The van der Waals surface area contributed by atoms with Crippen LogP contribution in [-0.4, -0.2) is 27.9 Å². The van der Waals surface area contributed by atoms with Crippen LogP contribution in [0.25, 0.3) is 0 Å². The molecule has 104 valence electrons. The average Bonchev–Trinajstić information content (AvgIpc) is 2.39. The Hall–Kier alpha value is -1.07. The average molecular weight is 280 g/mol. The highest BCUT2D eigenvalue weighted by Crippen LogP contribution is 2.31. The van der Waals surface area contributed by atoms with Gasteiger partial charge in [-0.15, -0.1) is 11.8 Å². The highest BCUT2D eigenvalue weighted by molar-refractivity contribution is 7.98. The van der Waals surface area contributed by atoms with Gasteiger partial charge in [0.25, 0.3) is 0 Å². The van der Waals surface area contributed by atoms with Crippen LogP contribution in [0, 0.1) is 0 Å². The van der Waals surface area contributed by atoms with Crippen LogP contribution in [-0.2, 0) is 4.79 Å². The molecule has 1 aromatic rings. The second kappa shape index (κ2) is 6.39. The smallest absolute Gasteiger partial charge is 0.227 e. The molecule has 1 aromatic heterocycles. The Kier molecular flexibility index (Phi) is 4.82. The molecule has 0 saturated heterocycles. The summed E-state index contributed by atoms with van der Waals surface area (Å²) >= 11 is 1.53. The standard InChI is InChI=1S/C14H20N2O2S/c1-19-13-9-11(5-8-15-13)16-12(17)10-14(18)6-3-2-4-7-14/h5,8-9,18H,2-4,6-7,10H2,1H3,(H,15,16,17). The second-order valence-corrected chi connectivity index (χ2v) is 5.92. The first-order valence-electron chi connectivity index (χ1n) is 6.64.